The lowest BCUT2D eigenvalue weighted by atomic mass is 9.83. The number of H-pyrrole nitrogens is 1. The van der Waals surface area contributed by atoms with Crippen LogP contribution >= 0.6 is 0 Å². The van der Waals surface area contributed by atoms with Gasteiger partial charge in [0.25, 0.3) is 0 Å². The summed E-state index contributed by atoms with van der Waals surface area (Å²) >= 11 is 0. The lowest BCUT2D eigenvalue weighted by Gasteiger charge is -2.25. The number of allylic oxidation sites excluding steroid dienone is 1. The molecule has 36 heavy (non-hydrogen) atoms. The lowest BCUT2D eigenvalue weighted by molar-refractivity contribution is 0.268. The SMILES string of the molecule is CCOc1cc([C@H]2C(C#N)=C(N)Oc3n[nH]c(-c4ccccc4)c32)ccc1OCc1cccc(F)c1. The van der Waals surface area contributed by atoms with Gasteiger partial charge in [-0.1, -0.05) is 48.5 Å². The van der Waals surface area contributed by atoms with Crippen molar-refractivity contribution < 1.29 is 18.6 Å². The third kappa shape index (κ3) is 4.34. The Bertz CT molecular complexity index is 1470. The summed E-state index contributed by atoms with van der Waals surface area (Å²) in [5, 5.41) is 17.3. The predicted molar refractivity (Wildman–Crippen MR) is 132 cm³/mol. The fourth-order valence-electron chi connectivity index (χ4n) is 4.28. The zero-order chi connectivity index (χ0) is 25.1. The van der Waals surface area contributed by atoms with E-state index < -0.39 is 5.92 Å². The highest BCUT2D eigenvalue weighted by atomic mass is 19.1. The van der Waals surface area contributed by atoms with Crippen LogP contribution in [-0.4, -0.2) is 16.8 Å². The maximum Gasteiger partial charge on any atom is 0.244 e. The zero-order valence-electron chi connectivity index (χ0n) is 19.5. The van der Waals surface area contributed by atoms with Gasteiger partial charge in [0, 0.05) is 0 Å². The van der Waals surface area contributed by atoms with Gasteiger partial charge in [0.05, 0.1) is 23.8 Å². The van der Waals surface area contributed by atoms with Crippen molar-refractivity contribution in [3.8, 4) is 34.7 Å². The van der Waals surface area contributed by atoms with Crippen LogP contribution in [0.2, 0.25) is 0 Å². The molecule has 4 aromatic rings. The first-order chi connectivity index (χ1) is 17.6. The number of aromatic nitrogens is 2. The van der Waals surface area contributed by atoms with Gasteiger partial charge < -0.3 is 19.9 Å². The Labute approximate surface area is 207 Å². The van der Waals surface area contributed by atoms with E-state index in [1.165, 1.54) is 12.1 Å². The van der Waals surface area contributed by atoms with Crippen LogP contribution in [0.25, 0.3) is 11.3 Å². The van der Waals surface area contributed by atoms with Crippen molar-refractivity contribution in [2.45, 2.75) is 19.4 Å². The molecule has 3 aromatic carbocycles. The zero-order valence-corrected chi connectivity index (χ0v) is 19.5. The highest BCUT2D eigenvalue weighted by molar-refractivity contribution is 5.71. The molecule has 1 aliphatic heterocycles. The Morgan fingerprint density at radius 2 is 1.89 bits per heavy atom. The molecule has 2 heterocycles. The third-order valence-corrected chi connectivity index (χ3v) is 5.89. The lowest BCUT2D eigenvalue weighted by Crippen LogP contribution is -2.21. The molecule has 5 rings (SSSR count). The first-order valence-corrected chi connectivity index (χ1v) is 11.4. The van der Waals surface area contributed by atoms with Gasteiger partial charge in [-0.15, -0.1) is 5.10 Å². The largest absolute Gasteiger partial charge is 0.490 e. The van der Waals surface area contributed by atoms with Crippen LogP contribution in [0.4, 0.5) is 4.39 Å². The highest BCUT2D eigenvalue weighted by Gasteiger charge is 2.36. The Balaban J connectivity index is 1.56. The average molecular weight is 483 g/mol. The van der Waals surface area contributed by atoms with Gasteiger partial charge in [0.15, 0.2) is 11.5 Å². The average Bonchev–Trinajstić information content (AvgIpc) is 3.31. The van der Waals surface area contributed by atoms with Gasteiger partial charge in [-0.2, -0.15) is 5.26 Å². The number of hydrogen-bond donors (Lipinski definition) is 2. The van der Waals surface area contributed by atoms with Crippen LogP contribution in [0.15, 0.2) is 84.3 Å². The molecular weight excluding hydrogens is 459 g/mol. The molecule has 0 saturated carbocycles. The number of hydrogen-bond acceptors (Lipinski definition) is 6. The van der Waals surface area contributed by atoms with E-state index >= 15 is 0 Å². The summed E-state index contributed by atoms with van der Waals surface area (Å²) in [4.78, 5) is 0. The normalized spacial score (nSPS) is 14.5. The van der Waals surface area contributed by atoms with E-state index in [-0.39, 0.29) is 23.9 Å². The summed E-state index contributed by atoms with van der Waals surface area (Å²) in [6.07, 6.45) is 0. The number of halogens is 1. The molecule has 0 spiro atoms. The monoisotopic (exact) mass is 482 g/mol. The Kier molecular flexibility index (Phi) is 6.29. The van der Waals surface area contributed by atoms with Gasteiger partial charge in [-0.3, -0.25) is 5.10 Å². The van der Waals surface area contributed by atoms with Crippen molar-refractivity contribution in [2.75, 3.05) is 6.61 Å². The van der Waals surface area contributed by atoms with E-state index in [4.69, 9.17) is 19.9 Å². The van der Waals surface area contributed by atoms with Gasteiger partial charge in [-0.25, -0.2) is 4.39 Å². The van der Waals surface area contributed by atoms with Crippen LogP contribution < -0.4 is 19.9 Å². The Morgan fingerprint density at radius 3 is 2.64 bits per heavy atom. The van der Waals surface area contributed by atoms with Crippen LogP contribution in [-0.2, 0) is 6.61 Å². The van der Waals surface area contributed by atoms with E-state index in [0.29, 0.717) is 35.1 Å². The van der Waals surface area contributed by atoms with Crippen molar-refractivity contribution in [3.05, 3.63) is 107 Å². The molecule has 7 nitrogen and oxygen atoms in total. The molecule has 0 aliphatic carbocycles. The minimum atomic E-state index is -0.538. The summed E-state index contributed by atoms with van der Waals surface area (Å²) < 4.78 is 31.1. The Morgan fingerprint density at radius 1 is 1.06 bits per heavy atom. The standard InChI is InChI=1S/C28H23FN4O3/c1-2-34-23-14-19(11-12-22(23)35-16-17-7-6-10-20(29)13-17)24-21(15-30)27(31)36-28-25(24)26(32-33-28)18-8-4-3-5-9-18/h3-14,24H,2,16,31H2,1H3,(H,32,33)/t24-/m0/s1. The summed E-state index contributed by atoms with van der Waals surface area (Å²) in [7, 11) is 0. The predicted octanol–water partition coefficient (Wildman–Crippen LogP) is 5.41. The number of aromatic amines is 1. The number of nitriles is 1. The molecule has 0 fully saturated rings. The summed E-state index contributed by atoms with van der Waals surface area (Å²) in [6.45, 7) is 2.45. The molecule has 0 radical (unpaired) electrons. The van der Waals surface area contributed by atoms with Gasteiger partial charge in [0.2, 0.25) is 11.8 Å². The second-order valence-corrected chi connectivity index (χ2v) is 8.17. The van der Waals surface area contributed by atoms with Gasteiger partial charge in [-0.05, 0) is 47.9 Å². The molecular formula is C28H23FN4O3. The number of fused-ring (bicyclic) bond motifs is 1. The smallest absolute Gasteiger partial charge is 0.244 e. The number of nitrogens with two attached hydrogens (primary N) is 1. The summed E-state index contributed by atoms with van der Waals surface area (Å²) in [6, 6.07) is 23.6. The summed E-state index contributed by atoms with van der Waals surface area (Å²) in [5.41, 5.74) is 10.2. The second-order valence-electron chi connectivity index (χ2n) is 8.17. The molecule has 3 N–H and O–H groups in total. The third-order valence-electron chi connectivity index (χ3n) is 5.89. The van der Waals surface area contributed by atoms with E-state index in [2.05, 4.69) is 16.3 Å². The van der Waals surface area contributed by atoms with Crippen LogP contribution in [0, 0.1) is 17.1 Å². The molecule has 0 bridgehead atoms. The van der Waals surface area contributed by atoms with Gasteiger partial charge in [0.1, 0.15) is 24.1 Å². The molecule has 8 heteroatoms. The molecule has 1 aromatic heterocycles. The molecule has 0 saturated heterocycles. The van der Waals surface area contributed by atoms with Crippen molar-refractivity contribution >= 4 is 0 Å². The minimum Gasteiger partial charge on any atom is -0.490 e. The fraction of sp³-hybridized carbons (Fsp3) is 0.143. The second kappa shape index (κ2) is 9.84. The molecule has 1 atom stereocenters. The molecule has 1 aliphatic rings. The van der Waals surface area contributed by atoms with Gasteiger partial charge >= 0.3 is 0 Å². The van der Waals surface area contributed by atoms with Crippen molar-refractivity contribution in [1.29, 1.82) is 5.26 Å². The maximum absolute atomic E-state index is 13.6. The molecule has 0 unspecified atom stereocenters. The van der Waals surface area contributed by atoms with Crippen LogP contribution in [0.3, 0.4) is 0 Å². The van der Waals surface area contributed by atoms with Crippen molar-refractivity contribution in [2.24, 2.45) is 5.73 Å². The number of ether oxygens (including phenoxy) is 3. The first kappa shape index (κ1) is 23.0. The Hall–Kier alpha value is -4.77. The number of benzene rings is 3. The fourth-order valence-corrected chi connectivity index (χ4v) is 4.28. The van der Waals surface area contributed by atoms with E-state index in [1.807, 2.05) is 49.4 Å². The topological polar surface area (TPSA) is 106 Å². The number of nitrogens with one attached hydrogen (secondary N) is 1. The number of nitrogens with zero attached hydrogens (tertiary/aromatic N) is 2. The van der Waals surface area contributed by atoms with E-state index in [0.717, 1.165) is 16.8 Å². The minimum absolute atomic E-state index is 0.00509. The number of rotatable bonds is 7. The van der Waals surface area contributed by atoms with Crippen LogP contribution in [0.1, 0.15) is 29.5 Å². The summed E-state index contributed by atoms with van der Waals surface area (Å²) in [5.74, 6) is 0.465. The van der Waals surface area contributed by atoms with E-state index in [1.54, 1.807) is 18.2 Å². The quantitative estimate of drug-likeness (QED) is 0.365. The molecule has 180 valence electrons. The van der Waals surface area contributed by atoms with Crippen LogP contribution in [0.5, 0.6) is 17.4 Å². The molecule has 0 amide bonds. The highest BCUT2D eigenvalue weighted by Crippen LogP contribution is 2.47. The van der Waals surface area contributed by atoms with Crippen molar-refractivity contribution in [3.63, 3.8) is 0 Å². The van der Waals surface area contributed by atoms with E-state index in [9.17, 15) is 9.65 Å². The first-order valence-electron chi connectivity index (χ1n) is 11.4. The maximum atomic E-state index is 13.6. The van der Waals surface area contributed by atoms with Crippen molar-refractivity contribution in [1.82, 2.24) is 10.2 Å².